The van der Waals surface area contributed by atoms with Crippen molar-refractivity contribution in [3.05, 3.63) is 126 Å². The van der Waals surface area contributed by atoms with Gasteiger partial charge in [-0.25, -0.2) is 39.7 Å². The zero-order valence-electron chi connectivity index (χ0n) is 25.8. The molecule has 264 valence electrons. The summed E-state index contributed by atoms with van der Waals surface area (Å²) in [7, 11) is 0. The predicted molar refractivity (Wildman–Crippen MR) is 199 cm³/mol. The Morgan fingerprint density at radius 1 is 0.654 bits per heavy atom. The van der Waals surface area contributed by atoms with Crippen molar-refractivity contribution in [3.63, 3.8) is 0 Å². The number of nitrogens with zero attached hydrogens (tertiary/aromatic N) is 7. The number of benzene rings is 3. The lowest BCUT2D eigenvalue weighted by atomic mass is 10.3. The van der Waals surface area contributed by atoms with Crippen LogP contribution in [0.1, 0.15) is 39.3 Å². The molecule has 0 bridgehead atoms. The van der Waals surface area contributed by atoms with Crippen LogP contribution in [0.15, 0.2) is 97.8 Å². The van der Waals surface area contributed by atoms with Crippen LogP contribution < -0.4 is 11.1 Å². The molecule has 0 aliphatic heterocycles. The smallest absolute Gasteiger partial charge is 0.371 e. The van der Waals surface area contributed by atoms with Crippen molar-refractivity contribution in [1.29, 1.82) is 0 Å². The molecule has 0 saturated carbocycles. The minimum absolute atomic E-state index is 0. The van der Waals surface area contributed by atoms with E-state index in [1.54, 1.807) is 12.1 Å². The number of aromatic amines is 3. The van der Waals surface area contributed by atoms with Gasteiger partial charge in [-0.05, 0) is 48.0 Å². The molecule has 16 nitrogen and oxygen atoms in total. The topological polar surface area (TPSA) is 247 Å². The van der Waals surface area contributed by atoms with Gasteiger partial charge in [0.2, 0.25) is 5.82 Å². The van der Waals surface area contributed by atoms with Gasteiger partial charge >= 0.3 is 5.97 Å². The van der Waals surface area contributed by atoms with E-state index in [1.165, 1.54) is 25.0 Å². The Hall–Kier alpha value is -6.49. The fraction of sp³-hybridized carbons (Fsp3) is 0.0303. The van der Waals surface area contributed by atoms with Crippen molar-refractivity contribution >= 4 is 96.4 Å². The Labute approximate surface area is 308 Å². The highest BCUT2D eigenvalue weighted by molar-refractivity contribution is 6.67. The first-order valence-corrected chi connectivity index (χ1v) is 15.5. The number of rotatable bonds is 4. The van der Waals surface area contributed by atoms with Gasteiger partial charge in [0, 0.05) is 0 Å². The number of aromatic nitrogens is 10. The van der Waals surface area contributed by atoms with Gasteiger partial charge in [0.1, 0.15) is 12.7 Å². The number of carboxylic acid groups (broad SMARTS) is 1. The molecule has 0 unspecified atom stereocenters. The minimum atomic E-state index is -1.04. The van der Waals surface area contributed by atoms with E-state index in [1.807, 2.05) is 60.7 Å². The van der Waals surface area contributed by atoms with E-state index >= 15 is 0 Å². The molecule has 0 atom stereocenters. The maximum atomic E-state index is 12.0. The van der Waals surface area contributed by atoms with Crippen LogP contribution in [-0.4, -0.2) is 72.1 Å². The van der Waals surface area contributed by atoms with E-state index in [0.29, 0.717) is 22.0 Å². The largest absolute Gasteiger partial charge is 0.475 e. The molecule has 52 heavy (non-hydrogen) atoms. The van der Waals surface area contributed by atoms with Crippen LogP contribution in [0.3, 0.4) is 0 Å². The molecule has 8 aromatic rings. The lowest BCUT2D eigenvalue weighted by Gasteiger charge is -2.02. The van der Waals surface area contributed by atoms with E-state index < -0.39 is 17.1 Å². The number of hydrogen-bond acceptors (Lipinski definition) is 11. The second-order valence-corrected chi connectivity index (χ2v) is 10.9. The number of fused-ring (bicyclic) bond motifs is 3. The van der Waals surface area contributed by atoms with E-state index in [4.69, 9.17) is 45.6 Å². The Morgan fingerprint density at radius 2 is 1.10 bits per heavy atom. The molecule has 5 heterocycles. The summed E-state index contributed by atoms with van der Waals surface area (Å²) in [6.45, 7) is 0. The van der Waals surface area contributed by atoms with Crippen molar-refractivity contribution in [3.8, 4) is 0 Å². The molecule has 3 aromatic carbocycles. The first kappa shape index (κ1) is 38.3. The number of halogens is 3. The highest BCUT2D eigenvalue weighted by Gasteiger charge is 2.13. The number of anilines is 2. The molecule has 5 aromatic heterocycles. The van der Waals surface area contributed by atoms with Gasteiger partial charge in [-0.2, -0.15) is 0 Å². The van der Waals surface area contributed by atoms with E-state index in [0.717, 1.165) is 27.6 Å². The Balaban J connectivity index is 0.000000161. The molecule has 8 rings (SSSR count). The third-order valence-electron chi connectivity index (χ3n) is 6.37. The zero-order chi connectivity index (χ0) is 36.3. The van der Waals surface area contributed by atoms with Crippen LogP contribution in [-0.2, 0) is 0 Å². The maximum absolute atomic E-state index is 12.0. The van der Waals surface area contributed by atoms with Crippen LogP contribution in [0.25, 0.3) is 33.1 Å². The third kappa shape index (κ3) is 10.0. The molecule has 19 heteroatoms. The lowest BCUT2D eigenvalue weighted by molar-refractivity contribution is 0.0684. The summed E-state index contributed by atoms with van der Waals surface area (Å²) < 4.78 is 0. The van der Waals surface area contributed by atoms with Gasteiger partial charge in [0.05, 0.1) is 56.9 Å². The fourth-order valence-corrected chi connectivity index (χ4v) is 4.39. The number of H-pyrrole nitrogens is 3. The van der Waals surface area contributed by atoms with Crippen molar-refractivity contribution < 1.29 is 19.5 Å². The number of nitrogens with one attached hydrogen (secondary N) is 4. The van der Waals surface area contributed by atoms with Crippen molar-refractivity contribution in [2.45, 2.75) is 7.43 Å². The number of carbonyl (C=O) groups excluding carboxylic acids is 2. The second kappa shape index (κ2) is 18.0. The first-order chi connectivity index (χ1) is 24.6. The molecule has 0 aliphatic carbocycles. The molecule has 0 radical (unpaired) electrons. The quantitative estimate of drug-likeness (QED) is 0.0800. The van der Waals surface area contributed by atoms with Gasteiger partial charge < -0.3 is 31.1 Å². The highest BCUT2D eigenvalue weighted by atomic mass is 35.5. The normalized spacial score (nSPS) is 10.1. The number of aromatic carboxylic acids is 1. The zero-order valence-corrected chi connectivity index (χ0v) is 28.0. The summed E-state index contributed by atoms with van der Waals surface area (Å²) in [6.07, 6.45) is 5.53. The Bertz CT molecular complexity index is 2260. The summed E-state index contributed by atoms with van der Waals surface area (Å²) in [5.41, 5.74) is 10.5. The van der Waals surface area contributed by atoms with Crippen LogP contribution in [0.4, 0.5) is 11.4 Å². The van der Waals surface area contributed by atoms with Crippen LogP contribution in [0, 0.1) is 0 Å². The average molecular weight is 762 g/mol. The van der Waals surface area contributed by atoms with Crippen LogP contribution in [0.2, 0.25) is 10.3 Å². The van der Waals surface area contributed by atoms with Gasteiger partial charge in [0.25, 0.3) is 11.1 Å². The van der Waals surface area contributed by atoms with Gasteiger partial charge in [-0.1, -0.05) is 67.0 Å². The van der Waals surface area contributed by atoms with E-state index in [-0.39, 0.29) is 30.1 Å². The third-order valence-corrected chi connectivity index (χ3v) is 7.17. The van der Waals surface area contributed by atoms with Gasteiger partial charge in [-0.3, -0.25) is 9.59 Å². The fourth-order valence-electron chi connectivity index (χ4n) is 4.07. The first-order valence-electron chi connectivity index (χ1n) is 14.3. The molecule has 0 saturated heterocycles. The Kier molecular flexibility index (Phi) is 13.2. The monoisotopic (exact) mass is 760 g/mol. The lowest BCUT2D eigenvalue weighted by Crippen LogP contribution is -2.14. The van der Waals surface area contributed by atoms with E-state index in [2.05, 4.69) is 55.2 Å². The molecule has 0 spiro atoms. The molecular formula is C33H27Cl3N12O4. The number of imidazole rings is 3. The number of para-hydroxylation sites is 6. The number of nitrogens with two attached hydrogens (primary N) is 1. The molecular weight excluding hydrogens is 735 g/mol. The predicted octanol–water partition coefficient (Wildman–Crippen LogP) is 6.81. The van der Waals surface area contributed by atoms with Crippen LogP contribution >= 0.6 is 34.8 Å². The minimum Gasteiger partial charge on any atom is -0.475 e. The summed E-state index contributed by atoms with van der Waals surface area (Å²) >= 11 is 16.5. The van der Waals surface area contributed by atoms with Gasteiger partial charge in [0.15, 0.2) is 22.0 Å². The number of hydrogen-bond donors (Lipinski definition) is 6. The summed E-state index contributed by atoms with van der Waals surface area (Å²) in [6, 6.07) is 21.9. The van der Waals surface area contributed by atoms with Crippen LogP contribution in [0.5, 0.6) is 0 Å². The van der Waals surface area contributed by atoms with Crippen molar-refractivity contribution in [2.24, 2.45) is 0 Å². The van der Waals surface area contributed by atoms with Gasteiger partial charge in [-0.15, -0.1) is 0 Å². The second-order valence-electron chi connectivity index (χ2n) is 9.84. The number of nitrogen functional groups attached to an aromatic ring is 1. The number of carboxylic acids is 1. The number of amides is 1. The molecule has 0 fully saturated rings. The molecule has 1 amide bonds. The summed E-state index contributed by atoms with van der Waals surface area (Å²) in [5, 5.41) is 11.1. The summed E-state index contributed by atoms with van der Waals surface area (Å²) in [4.78, 5) is 68.4. The molecule has 7 N–H and O–H groups in total. The standard InChI is InChI=1S/C12H8ClN5O.C8H5ClN2O.C8H6N2O2.C4H4ClN3.CH4/c13-10-9(5-14-6-15-10)18-12(19)11-16-7-3-1-2-4-8(7)17-11;9-7(12)8-10-5-3-1-2-4-6(5)11-8;11-8(12)7-9-5-3-1-2-4-6(5)10-7;5-4-3(6)1-7-2-8-4;/h1-6H,(H,16,17)(H,18,19);1-4H,(H,10,11);1-4H,(H,9,10)(H,11,12);1-2H,6H2;1H4. The maximum Gasteiger partial charge on any atom is 0.371 e. The average Bonchev–Trinajstić information content (AvgIpc) is 3.88. The Morgan fingerprint density at radius 3 is 1.54 bits per heavy atom. The summed E-state index contributed by atoms with van der Waals surface area (Å²) in [5.74, 6) is -1.05. The van der Waals surface area contributed by atoms with Crippen molar-refractivity contribution in [2.75, 3.05) is 11.1 Å². The van der Waals surface area contributed by atoms with Crippen molar-refractivity contribution in [1.82, 2.24) is 49.8 Å². The highest BCUT2D eigenvalue weighted by Crippen LogP contribution is 2.18. The van der Waals surface area contributed by atoms with E-state index in [9.17, 15) is 14.4 Å². The molecule has 0 aliphatic rings. The SMILES string of the molecule is C.Nc1cncnc1Cl.O=C(Cl)c1nc2ccccc2[nH]1.O=C(Nc1cncnc1Cl)c1nc2ccccc2[nH]1.O=C(O)c1nc2ccccc2[nH]1. The number of carbonyl (C=O) groups is 3.